The molecule has 0 fully saturated rings. The molecule has 1 aliphatic heterocycles. The van der Waals surface area contributed by atoms with Gasteiger partial charge in [0.15, 0.2) is 11.4 Å². The highest BCUT2D eigenvalue weighted by molar-refractivity contribution is 5.91. The summed E-state index contributed by atoms with van der Waals surface area (Å²) in [5.41, 5.74) is 0.778. The summed E-state index contributed by atoms with van der Waals surface area (Å²) in [6.07, 6.45) is 0.607. The van der Waals surface area contributed by atoms with Crippen LogP contribution in [0, 0.1) is 0 Å². The van der Waals surface area contributed by atoms with Crippen LogP contribution in [0.15, 0.2) is 41.2 Å². The lowest BCUT2D eigenvalue weighted by molar-refractivity contribution is -0.110. The van der Waals surface area contributed by atoms with E-state index < -0.39 is 23.5 Å². The smallest absolute Gasteiger partial charge is 0.358 e. The average Bonchev–Trinajstić information content (AvgIpc) is 3.03. The minimum atomic E-state index is -0.740. The molecule has 2 heterocycles. The number of fused-ring (bicyclic) bond motifs is 1. The molecule has 2 unspecified atom stereocenters. The lowest BCUT2D eigenvalue weighted by Gasteiger charge is -2.18. The number of benzene rings is 1. The fourth-order valence-electron chi connectivity index (χ4n) is 3.17. The predicted molar refractivity (Wildman–Crippen MR) is 92.3 cm³/mol. The summed E-state index contributed by atoms with van der Waals surface area (Å²) < 4.78 is 17.3. The lowest BCUT2D eigenvalue weighted by Crippen LogP contribution is -2.24. The van der Waals surface area contributed by atoms with E-state index in [1.807, 2.05) is 30.3 Å². The zero-order chi connectivity index (χ0) is 18.7. The first-order chi connectivity index (χ1) is 12.6. The number of ether oxygens (including phenoxy) is 3. The molecule has 2 aromatic rings. The maximum Gasteiger partial charge on any atom is 0.358 e. The first kappa shape index (κ1) is 17.9. The van der Waals surface area contributed by atoms with Crippen LogP contribution in [0.5, 0.6) is 5.75 Å². The number of aldehydes is 1. The van der Waals surface area contributed by atoms with Gasteiger partial charge in [-0.15, -0.1) is 0 Å². The highest BCUT2D eigenvalue weighted by Crippen LogP contribution is 2.38. The molecule has 1 aromatic heterocycles. The molecule has 0 N–H and O–H groups in total. The number of hydrogen-bond acceptors (Lipinski definition) is 6. The fourth-order valence-corrected chi connectivity index (χ4v) is 3.17. The standard InChI is InChI=1S/C19H19NO6/c1-24-16-8-13(10-21)20-14(16)9-15(22)18(17(20)19(23)25-2)26-11-12-6-4-3-5-7-12/h3-7,9-10,13,16H,8,11H2,1-2H3. The molecular weight excluding hydrogens is 338 g/mol. The summed E-state index contributed by atoms with van der Waals surface area (Å²) in [5, 5.41) is 0. The highest BCUT2D eigenvalue weighted by atomic mass is 16.5. The topological polar surface area (TPSA) is 83.8 Å². The average molecular weight is 357 g/mol. The summed E-state index contributed by atoms with van der Waals surface area (Å²) in [4.78, 5) is 36.5. The van der Waals surface area contributed by atoms with Gasteiger partial charge in [0, 0.05) is 19.6 Å². The number of hydrogen-bond donors (Lipinski definition) is 0. The van der Waals surface area contributed by atoms with Gasteiger partial charge in [-0.3, -0.25) is 4.79 Å². The van der Waals surface area contributed by atoms with E-state index in [1.165, 1.54) is 24.9 Å². The third-order valence-electron chi connectivity index (χ3n) is 4.40. The normalized spacial score (nSPS) is 18.2. The molecule has 0 saturated heterocycles. The van der Waals surface area contributed by atoms with Gasteiger partial charge in [-0.2, -0.15) is 0 Å². The Bertz CT molecular complexity index is 874. The van der Waals surface area contributed by atoms with Gasteiger partial charge in [0.1, 0.15) is 12.9 Å². The maximum absolute atomic E-state index is 12.6. The van der Waals surface area contributed by atoms with Crippen LogP contribution >= 0.6 is 0 Å². The largest absolute Gasteiger partial charge is 0.482 e. The van der Waals surface area contributed by atoms with E-state index in [-0.39, 0.29) is 18.1 Å². The first-order valence-electron chi connectivity index (χ1n) is 8.13. The van der Waals surface area contributed by atoms with Gasteiger partial charge in [0.2, 0.25) is 5.43 Å². The van der Waals surface area contributed by atoms with Crippen LogP contribution in [0.1, 0.15) is 40.3 Å². The number of carbonyl (C=O) groups is 2. The quantitative estimate of drug-likeness (QED) is 0.581. The van der Waals surface area contributed by atoms with Crippen molar-refractivity contribution in [1.82, 2.24) is 4.57 Å². The zero-order valence-electron chi connectivity index (χ0n) is 14.5. The summed E-state index contributed by atoms with van der Waals surface area (Å²) >= 11 is 0. The molecule has 7 nitrogen and oxygen atoms in total. The Balaban J connectivity index is 2.11. The van der Waals surface area contributed by atoms with Gasteiger partial charge in [0.25, 0.3) is 0 Å². The Morgan fingerprint density at radius 1 is 1.27 bits per heavy atom. The van der Waals surface area contributed by atoms with Crippen molar-refractivity contribution in [2.45, 2.75) is 25.2 Å². The Morgan fingerprint density at radius 3 is 2.62 bits per heavy atom. The molecule has 26 heavy (non-hydrogen) atoms. The van der Waals surface area contributed by atoms with E-state index >= 15 is 0 Å². The Morgan fingerprint density at radius 2 is 2.00 bits per heavy atom. The summed E-state index contributed by atoms with van der Waals surface area (Å²) in [6.45, 7) is 0.110. The number of pyridine rings is 1. The van der Waals surface area contributed by atoms with Crippen molar-refractivity contribution < 1.29 is 23.8 Å². The van der Waals surface area contributed by atoms with Gasteiger partial charge in [-0.25, -0.2) is 4.79 Å². The fraction of sp³-hybridized carbons (Fsp3) is 0.316. The molecule has 0 saturated carbocycles. The second-order valence-electron chi connectivity index (χ2n) is 5.91. The summed E-state index contributed by atoms with van der Waals surface area (Å²) in [5.74, 6) is -0.872. The number of methoxy groups -OCH3 is 2. The van der Waals surface area contributed by atoms with E-state index in [9.17, 15) is 14.4 Å². The third kappa shape index (κ3) is 3.13. The SMILES string of the molecule is COC(=O)c1c(OCc2ccccc2)c(=O)cc2n1C(C=O)CC2OC. The second kappa shape index (κ2) is 7.53. The van der Waals surface area contributed by atoms with Crippen molar-refractivity contribution in [3.63, 3.8) is 0 Å². The van der Waals surface area contributed by atoms with Crippen LogP contribution in [0.3, 0.4) is 0 Å². The minimum absolute atomic E-state index is 0.0671. The molecule has 1 aliphatic rings. The number of rotatable bonds is 6. The van der Waals surface area contributed by atoms with Crippen molar-refractivity contribution in [2.75, 3.05) is 14.2 Å². The molecule has 2 atom stereocenters. The monoisotopic (exact) mass is 357 g/mol. The van der Waals surface area contributed by atoms with Crippen molar-refractivity contribution in [3.05, 3.63) is 63.6 Å². The molecule has 0 aliphatic carbocycles. The molecule has 0 radical (unpaired) electrons. The highest BCUT2D eigenvalue weighted by Gasteiger charge is 2.37. The molecule has 0 amide bonds. The first-order valence-corrected chi connectivity index (χ1v) is 8.13. The van der Waals surface area contributed by atoms with Crippen LogP contribution in [-0.4, -0.2) is 31.0 Å². The third-order valence-corrected chi connectivity index (χ3v) is 4.40. The van der Waals surface area contributed by atoms with Crippen LogP contribution in [0.4, 0.5) is 0 Å². The van der Waals surface area contributed by atoms with Crippen LogP contribution in [-0.2, 0) is 20.9 Å². The van der Waals surface area contributed by atoms with Gasteiger partial charge in [-0.1, -0.05) is 30.3 Å². The number of esters is 1. The molecule has 3 rings (SSSR count). The number of nitrogens with zero attached hydrogens (tertiary/aromatic N) is 1. The van der Waals surface area contributed by atoms with E-state index in [0.29, 0.717) is 12.1 Å². The Kier molecular flexibility index (Phi) is 5.18. The molecule has 0 spiro atoms. The van der Waals surface area contributed by atoms with Crippen LogP contribution in [0.25, 0.3) is 0 Å². The lowest BCUT2D eigenvalue weighted by atomic mass is 10.2. The van der Waals surface area contributed by atoms with Gasteiger partial charge < -0.3 is 23.6 Å². The van der Waals surface area contributed by atoms with Crippen molar-refractivity contribution in [2.24, 2.45) is 0 Å². The van der Waals surface area contributed by atoms with Crippen molar-refractivity contribution in [1.29, 1.82) is 0 Å². The van der Waals surface area contributed by atoms with E-state index in [2.05, 4.69) is 0 Å². The van der Waals surface area contributed by atoms with Gasteiger partial charge >= 0.3 is 5.97 Å². The summed E-state index contributed by atoms with van der Waals surface area (Å²) in [7, 11) is 2.71. The predicted octanol–water partition coefficient (Wildman–Crippen LogP) is 2.05. The van der Waals surface area contributed by atoms with E-state index in [1.54, 1.807) is 0 Å². The van der Waals surface area contributed by atoms with Crippen LogP contribution < -0.4 is 10.2 Å². The van der Waals surface area contributed by atoms with Crippen molar-refractivity contribution >= 4 is 12.3 Å². The summed E-state index contributed by atoms with van der Waals surface area (Å²) in [6, 6.07) is 9.97. The zero-order valence-corrected chi connectivity index (χ0v) is 14.5. The van der Waals surface area contributed by atoms with Crippen molar-refractivity contribution in [3.8, 4) is 5.75 Å². The minimum Gasteiger partial charge on any atom is -0.482 e. The van der Waals surface area contributed by atoms with E-state index in [0.717, 1.165) is 11.8 Å². The Labute approximate surface area is 150 Å². The second-order valence-corrected chi connectivity index (χ2v) is 5.91. The number of carbonyl (C=O) groups excluding carboxylic acids is 2. The van der Waals surface area contributed by atoms with Crippen LogP contribution in [0.2, 0.25) is 0 Å². The molecular formula is C19H19NO6. The van der Waals surface area contributed by atoms with E-state index in [4.69, 9.17) is 14.2 Å². The van der Waals surface area contributed by atoms with Gasteiger partial charge in [0.05, 0.1) is 24.9 Å². The number of aromatic nitrogens is 1. The Hall–Kier alpha value is -2.93. The van der Waals surface area contributed by atoms with Gasteiger partial charge in [-0.05, 0) is 5.56 Å². The molecule has 0 bridgehead atoms. The maximum atomic E-state index is 12.6. The molecule has 7 heteroatoms. The molecule has 136 valence electrons. The molecule has 1 aromatic carbocycles.